The van der Waals surface area contributed by atoms with Crippen molar-refractivity contribution in [3.63, 3.8) is 0 Å². The quantitative estimate of drug-likeness (QED) is 0.399. The molecule has 2 fully saturated rings. The Morgan fingerprint density at radius 1 is 1.00 bits per heavy atom. The normalized spacial score (nSPS) is 16.2. The second-order valence-electron chi connectivity index (χ2n) is 10.5. The zero-order chi connectivity index (χ0) is 28.8. The lowest BCUT2D eigenvalue weighted by atomic mass is 9.97. The Labute approximate surface area is 239 Å². The van der Waals surface area contributed by atoms with E-state index in [2.05, 4.69) is 39.5 Å². The zero-order valence-corrected chi connectivity index (χ0v) is 23.3. The van der Waals surface area contributed by atoms with Crippen LogP contribution in [0.5, 0.6) is 11.5 Å². The van der Waals surface area contributed by atoms with Crippen molar-refractivity contribution in [2.24, 2.45) is 0 Å². The van der Waals surface area contributed by atoms with Crippen molar-refractivity contribution < 1.29 is 23.5 Å². The fourth-order valence-electron chi connectivity index (χ4n) is 4.94. The highest BCUT2D eigenvalue weighted by atomic mass is 19.1. The van der Waals surface area contributed by atoms with Crippen LogP contribution in [0.2, 0.25) is 0 Å². The van der Waals surface area contributed by atoms with Crippen molar-refractivity contribution in [1.82, 2.24) is 19.7 Å². The molecule has 0 bridgehead atoms. The third-order valence-electron chi connectivity index (χ3n) is 7.48. The molecule has 0 unspecified atom stereocenters. The Balaban J connectivity index is 1.09. The number of ether oxygens (including phenoxy) is 2. The largest absolute Gasteiger partial charge is 0.457 e. The van der Waals surface area contributed by atoms with Crippen molar-refractivity contribution in [2.45, 2.75) is 31.5 Å². The summed E-state index contributed by atoms with van der Waals surface area (Å²) < 4.78 is 25.6. The number of amides is 3. The Kier molecular flexibility index (Phi) is 8.95. The van der Waals surface area contributed by atoms with Crippen molar-refractivity contribution in [3.8, 4) is 11.5 Å². The van der Waals surface area contributed by atoms with Gasteiger partial charge in [0.15, 0.2) is 5.82 Å². The topological polar surface area (TPSA) is 99.3 Å². The number of nitrogens with zero attached hydrogens (tertiary/aromatic N) is 4. The van der Waals surface area contributed by atoms with Gasteiger partial charge in [-0.3, -0.25) is 15.5 Å². The number of hydrogen-bond acceptors (Lipinski definition) is 7. The summed E-state index contributed by atoms with van der Waals surface area (Å²) in [5.41, 5.74) is 0.790. The number of likely N-dealkylation sites (tertiary alicyclic amines) is 2. The summed E-state index contributed by atoms with van der Waals surface area (Å²) in [5, 5.41) is 5.23. The van der Waals surface area contributed by atoms with E-state index in [1.54, 1.807) is 17.0 Å². The van der Waals surface area contributed by atoms with Crippen LogP contribution in [0.15, 0.2) is 66.9 Å². The molecule has 3 aromatic rings. The molecule has 0 radical (unpaired) electrons. The molecule has 216 valence electrons. The first-order valence-electron chi connectivity index (χ1n) is 13.7. The molecule has 0 saturated carbocycles. The first-order chi connectivity index (χ1) is 19.8. The van der Waals surface area contributed by atoms with Crippen molar-refractivity contribution in [2.75, 3.05) is 50.9 Å². The van der Waals surface area contributed by atoms with Gasteiger partial charge in [0.2, 0.25) is 0 Å². The summed E-state index contributed by atoms with van der Waals surface area (Å²) in [7, 11) is 4.23. The van der Waals surface area contributed by atoms with Gasteiger partial charge >= 0.3 is 12.1 Å². The predicted octanol–water partition coefficient (Wildman–Crippen LogP) is 5.00. The Morgan fingerprint density at radius 2 is 1.73 bits per heavy atom. The molecular weight excluding hydrogens is 527 g/mol. The summed E-state index contributed by atoms with van der Waals surface area (Å²) in [6, 6.07) is 17.4. The third-order valence-corrected chi connectivity index (χ3v) is 7.48. The first-order valence-corrected chi connectivity index (χ1v) is 13.7. The molecule has 2 aliphatic heterocycles. The Morgan fingerprint density at radius 3 is 2.44 bits per heavy atom. The number of pyridine rings is 1. The van der Waals surface area contributed by atoms with Crippen molar-refractivity contribution in [3.05, 3.63) is 78.2 Å². The minimum Gasteiger partial charge on any atom is -0.457 e. The van der Waals surface area contributed by atoms with E-state index in [1.165, 1.54) is 18.3 Å². The van der Waals surface area contributed by atoms with Gasteiger partial charge in [-0.15, -0.1) is 0 Å². The SMILES string of the molecule is CN(C)C1CN(C2CCN(C(=O)Nc3cc(Oc4ccc(NC(=O)OCc5ccccc5)c(F)c4)ccn3)CC2)C1. The summed E-state index contributed by atoms with van der Waals surface area (Å²) >= 11 is 0. The van der Waals surface area contributed by atoms with Gasteiger partial charge in [-0.25, -0.2) is 19.0 Å². The van der Waals surface area contributed by atoms with Gasteiger partial charge in [0, 0.05) is 56.6 Å². The number of hydrogen-bond donors (Lipinski definition) is 2. The second kappa shape index (κ2) is 13.0. The van der Waals surface area contributed by atoms with Gasteiger partial charge < -0.3 is 19.3 Å². The number of urea groups is 1. The average Bonchev–Trinajstić information content (AvgIpc) is 2.93. The van der Waals surface area contributed by atoms with Gasteiger partial charge in [0.25, 0.3) is 0 Å². The molecule has 10 nitrogen and oxygen atoms in total. The van der Waals surface area contributed by atoms with Crippen molar-refractivity contribution >= 4 is 23.6 Å². The van der Waals surface area contributed by atoms with E-state index in [0.717, 1.165) is 37.6 Å². The van der Waals surface area contributed by atoms with Crippen LogP contribution in [0.3, 0.4) is 0 Å². The fraction of sp³-hybridized carbons (Fsp3) is 0.367. The molecule has 0 spiro atoms. The van der Waals surface area contributed by atoms with E-state index in [9.17, 15) is 14.0 Å². The van der Waals surface area contributed by atoms with E-state index < -0.39 is 11.9 Å². The maximum Gasteiger partial charge on any atom is 0.412 e. The Hall–Kier alpha value is -4.22. The van der Waals surface area contributed by atoms with Crippen LogP contribution in [0.1, 0.15) is 18.4 Å². The highest BCUT2D eigenvalue weighted by Crippen LogP contribution is 2.28. The molecule has 2 aromatic carbocycles. The van der Waals surface area contributed by atoms with E-state index in [-0.39, 0.29) is 24.1 Å². The second-order valence-corrected chi connectivity index (χ2v) is 10.5. The number of carbonyl (C=O) groups is 2. The number of nitrogens with one attached hydrogen (secondary N) is 2. The van der Waals surface area contributed by atoms with E-state index in [0.29, 0.717) is 36.7 Å². The maximum absolute atomic E-state index is 14.7. The molecule has 2 saturated heterocycles. The molecule has 11 heteroatoms. The minimum atomic E-state index is -0.765. The molecule has 1 aromatic heterocycles. The van der Waals surface area contributed by atoms with Crippen molar-refractivity contribution in [1.29, 1.82) is 0 Å². The van der Waals surface area contributed by atoms with Gasteiger partial charge in [-0.2, -0.15) is 0 Å². The lowest BCUT2D eigenvalue weighted by Gasteiger charge is -2.49. The highest BCUT2D eigenvalue weighted by Gasteiger charge is 2.35. The van der Waals surface area contributed by atoms with Gasteiger partial charge in [-0.05, 0) is 50.7 Å². The molecular formula is C30H35FN6O4. The Bertz CT molecular complexity index is 1340. The molecule has 3 heterocycles. The smallest absolute Gasteiger partial charge is 0.412 e. The lowest BCUT2D eigenvalue weighted by molar-refractivity contribution is 0.00755. The van der Waals surface area contributed by atoms with Crippen LogP contribution in [0.25, 0.3) is 0 Å². The molecule has 3 amide bonds. The first kappa shape index (κ1) is 28.3. The van der Waals surface area contributed by atoms with Crippen LogP contribution in [0.4, 0.5) is 25.5 Å². The number of piperidine rings is 1. The van der Waals surface area contributed by atoms with Crippen LogP contribution >= 0.6 is 0 Å². The van der Waals surface area contributed by atoms with Gasteiger partial charge in [-0.1, -0.05) is 30.3 Å². The number of rotatable bonds is 8. The third kappa shape index (κ3) is 7.50. The van der Waals surface area contributed by atoms with Crippen LogP contribution in [-0.2, 0) is 11.3 Å². The van der Waals surface area contributed by atoms with E-state index in [4.69, 9.17) is 9.47 Å². The molecule has 0 atom stereocenters. The van der Waals surface area contributed by atoms with Gasteiger partial charge in [0.1, 0.15) is 23.9 Å². The number of aromatic nitrogens is 1. The number of halogens is 1. The molecule has 5 rings (SSSR count). The van der Waals surface area contributed by atoms with E-state index in [1.807, 2.05) is 30.3 Å². The zero-order valence-electron chi connectivity index (χ0n) is 23.3. The monoisotopic (exact) mass is 562 g/mol. The maximum atomic E-state index is 14.7. The number of carbonyl (C=O) groups excluding carboxylic acids is 2. The summed E-state index contributed by atoms with van der Waals surface area (Å²) in [4.78, 5) is 35.7. The fourth-order valence-corrected chi connectivity index (χ4v) is 4.94. The van der Waals surface area contributed by atoms with Crippen LogP contribution < -0.4 is 15.4 Å². The van der Waals surface area contributed by atoms with Crippen LogP contribution in [0, 0.1) is 5.82 Å². The lowest BCUT2D eigenvalue weighted by Crippen LogP contribution is -2.62. The number of anilines is 2. The standard InChI is InChI=1S/C30H35FN6O4/c1-35(2)23-18-37(19-23)22-11-14-36(15-12-22)29(38)34-28-17-25(10-13-32-28)41-24-8-9-27(26(31)16-24)33-30(39)40-20-21-6-4-3-5-7-21/h3-10,13,16-17,22-23H,11-12,14-15,18-20H2,1-2H3,(H,33,39)(H,32,34,38). The predicted molar refractivity (Wildman–Crippen MR) is 154 cm³/mol. The average molecular weight is 563 g/mol. The number of benzene rings is 2. The molecule has 41 heavy (non-hydrogen) atoms. The molecule has 2 aliphatic rings. The molecule has 0 aliphatic carbocycles. The summed E-state index contributed by atoms with van der Waals surface area (Å²) in [6.07, 6.45) is 2.65. The highest BCUT2D eigenvalue weighted by molar-refractivity contribution is 5.88. The summed E-state index contributed by atoms with van der Waals surface area (Å²) in [5.74, 6) is 0.259. The summed E-state index contributed by atoms with van der Waals surface area (Å²) in [6.45, 7) is 3.63. The van der Waals surface area contributed by atoms with Crippen LogP contribution in [-0.4, -0.2) is 84.2 Å². The van der Waals surface area contributed by atoms with Gasteiger partial charge in [0.05, 0.1) is 5.69 Å². The molecule has 2 N–H and O–H groups in total. The number of likely N-dealkylation sites (N-methyl/N-ethyl adjacent to an activating group) is 1. The van der Waals surface area contributed by atoms with E-state index >= 15 is 0 Å². The minimum absolute atomic E-state index is 0.0338.